The van der Waals surface area contributed by atoms with Crippen molar-refractivity contribution >= 4 is 10.9 Å². The lowest BCUT2D eigenvalue weighted by molar-refractivity contribution is 0.168. The van der Waals surface area contributed by atoms with Crippen LogP contribution in [0.2, 0.25) is 0 Å². The zero-order valence-electron chi connectivity index (χ0n) is 11.0. The summed E-state index contributed by atoms with van der Waals surface area (Å²) in [5, 5.41) is 1.26. The van der Waals surface area contributed by atoms with Gasteiger partial charge in [0.05, 0.1) is 23.4 Å². The number of nitrogens with zero attached hydrogens (tertiary/aromatic N) is 3. The van der Waals surface area contributed by atoms with Gasteiger partial charge in [-0.2, -0.15) is 0 Å². The number of hydrogen-bond donors (Lipinski definition) is 1. The molecule has 2 aromatic rings. The summed E-state index contributed by atoms with van der Waals surface area (Å²) < 4.78 is 2.10. The third-order valence-corrected chi connectivity index (χ3v) is 4.04. The minimum atomic E-state index is 0.305. The Labute approximate surface area is 107 Å². The summed E-state index contributed by atoms with van der Waals surface area (Å²) in [7, 11) is 4.21. The van der Waals surface area contributed by atoms with Crippen molar-refractivity contribution in [2.45, 2.75) is 24.9 Å². The lowest BCUT2D eigenvalue weighted by Gasteiger charge is -2.35. The van der Waals surface area contributed by atoms with Crippen molar-refractivity contribution in [3.05, 3.63) is 30.2 Å². The number of rotatable bonds is 1. The number of pyridine rings is 1. The second kappa shape index (κ2) is 4.37. The highest BCUT2D eigenvalue weighted by atomic mass is 15.2. The van der Waals surface area contributed by atoms with E-state index >= 15 is 0 Å². The zero-order chi connectivity index (χ0) is 12.7. The first-order valence-electron chi connectivity index (χ1n) is 6.52. The van der Waals surface area contributed by atoms with E-state index in [9.17, 15) is 0 Å². The van der Waals surface area contributed by atoms with Crippen LogP contribution in [0.25, 0.3) is 10.9 Å². The molecule has 1 fully saturated rings. The molecular weight excluding hydrogens is 224 g/mol. The third kappa shape index (κ3) is 1.91. The number of fused-ring (bicyclic) bond motifs is 1. The smallest absolute Gasteiger partial charge is 0.0664 e. The van der Waals surface area contributed by atoms with Crippen LogP contribution in [0.15, 0.2) is 24.5 Å². The van der Waals surface area contributed by atoms with Gasteiger partial charge in [-0.15, -0.1) is 0 Å². The van der Waals surface area contributed by atoms with Crippen molar-refractivity contribution in [1.29, 1.82) is 0 Å². The SMILES string of the molecule is CN1CCC(N)CC1c1cc2ccn(C)c2cn1. The monoisotopic (exact) mass is 244 g/mol. The minimum Gasteiger partial charge on any atom is -0.349 e. The fourth-order valence-corrected chi connectivity index (χ4v) is 2.82. The molecule has 3 rings (SSSR count). The van der Waals surface area contributed by atoms with E-state index in [1.54, 1.807) is 0 Å². The molecule has 3 heterocycles. The number of likely N-dealkylation sites (tertiary alicyclic amines) is 1. The molecule has 18 heavy (non-hydrogen) atoms. The fourth-order valence-electron chi connectivity index (χ4n) is 2.82. The lowest BCUT2D eigenvalue weighted by Crippen LogP contribution is -2.40. The Morgan fingerprint density at radius 1 is 1.39 bits per heavy atom. The molecule has 4 heteroatoms. The lowest BCUT2D eigenvalue weighted by atomic mass is 9.95. The van der Waals surface area contributed by atoms with Gasteiger partial charge in [-0.1, -0.05) is 0 Å². The maximum Gasteiger partial charge on any atom is 0.0664 e. The number of aryl methyl sites for hydroxylation is 1. The molecule has 0 aliphatic carbocycles. The van der Waals surface area contributed by atoms with Crippen molar-refractivity contribution in [2.24, 2.45) is 12.8 Å². The van der Waals surface area contributed by atoms with Crippen LogP contribution in [0, 0.1) is 0 Å². The second-order valence-electron chi connectivity index (χ2n) is 5.38. The molecular formula is C14H20N4. The molecule has 0 bridgehead atoms. The molecule has 96 valence electrons. The zero-order valence-corrected chi connectivity index (χ0v) is 11.0. The summed E-state index contributed by atoms with van der Waals surface area (Å²) in [4.78, 5) is 6.99. The molecule has 2 aromatic heterocycles. The summed E-state index contributed by atoms with van der Waals surface area (Å²) in [6.07, 6.45) is 6.13. The molecule has 4 nitrogen and oxygen atoms in total. The summed E-state index contributed by atoms with van der Waals surface area (Å²) >= 11 is 0. The average Bonchev–Trinajstić information content (AvgIpc) is 2.74. The summed E-state index contributed by atoms with van der Waals surface area (Å²) in [5.41, 5.74) is 8.41. The van der Waals surface area contributed by atoms with Gasteiger partial charge in [0.25, 0.3) is 0 Å². The van der Waals surface area contributed by atoms with Gasteiger partial charge < -0.3 is 10.3 Å². The van der Waals surface area contributed by atoms with Crippen LogP contribution in [0.3, 0.4) is 0 Å². The molecule has 2 N–H and O–H groups in total. The fraction of sp³-hybridized carbons (Fsp3) is 0.500. The van der Waals surface area contributed by atoms with E-state index in [1.165, 1.54) is 10.9 Å². The van der Waals surface area contributed by atoms with Crippen LogP contribution in [-0.4, -0.2) is 34.1 Å². The van der Waals surface area contributed by atoms with Gasteiger partial charge in [0.2, 0.25) is 0 Å². The maximum absolute atomic E-state index is 6.08. The predicted octanol–water partition coefficient (Wildman–Crippen LogP) is 1.67. The Hall–Kier alpha value is -1.39. The first-order chi connectivity index (χ1) is 8.65. The van der Waals surface area contributed by atoms with Gasteiger partial charge in [-0.25, -0.2) is 0 Å². The summed E-state index contributed by atoms with van der Waals surface area (Å²) in [6, 6.07) is 5.01. The Kier molecular flexibility index (Phi) is 2.84. The third-order valence-electron chi connectivity index (χ3n) is 4.04. The molecule has 1 saturated heterocycles. The van der Waals surface area contributed by atoms with Crippen molar-refractivity contribution < 1.29 is 0 Å². The number of hydrogen-bond acceptors (Lipinski definition) is 3. The first-order valence-corrected chi connectivity index (χ1v) is 6.52. The summed E-state index contributed by atoms with van der Waals surface area (Å²) in [5.74, 6) is 0. The molecule has 1 aliphatic rings. The Morgan fingerprint density at radius 2 is 2.22 bits per heavy atom. The van der Waals surface area contributed by atoms with E-state index in [0.29, 0.717) is 12.1 Å². The molecule has 2 unspecified atom stereocenters. The van der Waals surface area contributed by atoms with Crippen molar-refractivity contribution in [3.63, 3.8) is 0 Å². The van der Waals surface area contributed by atoms with E-state index in [0.717, 1.165) is 25.1 Å². The highest BCUT2D eigenvalue weighted by Gasteiger charge is 2.26. The Morgan fingerprint density at radius 3 is 3.06 bits per heavy atom. The molecule has 0 amide bonds. The van der Waals surface area contributed by atoms with Crippen LogP contribution in [0.4, 0.5) is 0 Å². The average molecular weight is 244 g/mol. The highest BCUT2D eigenvalue weighted by Crippen LogP contribution is 2.29. The standard InChI is InChI=1S/C14H20N4/c1-17-6-4-11(15)8-13(17)12-7-10-3-5-18(2)14(10)9-16-12/h3,5,7,9,11,13H,4,6,8,15H2,1-2H3. The number of aromatic nitrogens is 2. The van der Waals surface area contributed by atoms with E-state index in [4.69, 9.17) is 5.73 Å². The molecule has 2 atom stereocenters. The van der Waals surface area contributed by atoms with Crippen molar-refractivity contribution in [3.8, 4) is 0 Å². The molecule has 0 spiro atoms. The minimum absolute atomic E-state index is 0.305. The molecule has 0 radical (unpaired) electrons. The second-order valence-corrected chi connectivity index (χ2v) is 5.38. The highest BCUT2D eigenvalue weighted by molar-refractivity contribution is 5.79. The van der Waals surface area contributed by atoms with E-state index in [-0.39, 0.29) is 0 Å². The topological polar surface area (TPSA) is 47.1 Å². The largest absolute Gasteiger partial charge is 0.349 e. The normalized spacial score (nSPS) is 25.7. The van der Waals surface area contributed by atoms with Crippen LogP contribution in [-0.2, 0) is 7.05 Å². The van der Waals surface area contributed by atoms with Crippen LogP contribution >= 0.6 is 0 Å². The van der Waals surface area contributed by atoms with Gasteiger partial charge in [-0.05, 0) is 38.6 Å². The van der Waals surface area contributed by atoms with E-state index in [1.807, 2.05) is 13.2 Å². The van der Waals surface area contributed by atoms with Crippen LogP contribution in [0.1, 0.15) is 24.6 Å². The van der Waals surface area contributed by atoms with Crippen LogP contribution < -0.4 is 5.73 Å². The van der Waals surface area contributed by atoms with E-state index in [2.05, 4.69) is 39.8 Å². The van der Waals surface area contributed by atoms with Gasteiger partial charge in [0.1, 0.15) is 0 Å². The van der Waals surface area contributed by atoms with Crippen LogP contribution in [0.5, 0.6) is 0 Å². The number of nitrogens with two attached hydrogens (primary N) is 1. The molecule has 0 saturated carbocycles. The quantitative estimate of drug-likeness (QED) is 0.830. The van der Waals surface area contributed by atoms with Gasteiger partial charge in [0.15, 0.2) is 0 Å². The molecule has 0 aromatic carbocycles. The van der Waals surface area contributed by atoms with Gasteiger partial charge in [-0.3, -0.25) is 9.88 Å². The predicted molar refractivity (Wildman–Crippen MR) is 73.3 cm³/mol. The first kappa shape index (κ1) is 11.7. The Balaban J connectivity index is 1.97. The summed E-state index contributed by atoms with van der Waals surface area (Å²) in [6.45, 7) is 1.06. The van der Waals surface area contributed by atoms with Gasteiger partial charge >= 0.3 is 0 Å². The van der Waals surface area contributed by atoms with E-state index < -0.39 is 0 Å². The Bertz CT molecular complexity index is 560. The number of piperidine rings is 1. The van der Waals surface area contributed by atoms with Crippen molar-refractivity contribution in [2.75, 3.05) is 13.6 Å². The van der Waals surface area contributed by atoms with Gasteiger partial charge in [0, 0.05) is 24.7 Å². The molecule has 1 aliphatic heterocycles. The maximum atomic E-state index is 6.08. The van der Waals surface area contributed by atoms with Crippen molar-refractivity contribution in [1.82, 2.24) is 14.5 Å².